The number of benzene rings is 1. The molecule has 4 heteroatoms. The number of halogens is 1. The van der Waals surface area contributed by atoms with Crippen LogP contribution in [0.15, 0.2) is 40.9 Å². The lowest BCUT2D eigenvalue weighted by atomic mass is 10.2. The van der Waals surface area contributed by atoms with Gasteiger partial charge in [0.25, 0.3) is 0 Å². The second-order valence-electron chi connectivity index (χ2n) is 4.59. The molecule has 0 atom stereocenters. The molecule has 0 radical (unpaired) electrons. The number of rotatable bonds is 6. The van der Waals surface area contributed by atoms with Gasteiger partial charge in [-0.05, 0) is 24.1 Å². The minimum absolute atomic E-state index is 0.00459. The summed E-state index contributed by atoms with van der Waals surface area (Å²) in [5, 5.41) is 9.29. The summed E-state index contributed by atoms with van der Waals surface area (Å²) in [6.45, 7) is 2.56. The van der Waals surface area contributed by atoms with Crippen molar-refractivity contribution >= 4 is 15.9 Å². The molecule has 1 N–H and O–H groups in total. The van der Waals surface area contributed by atoms with E-state index in [0.29, 0.717) is 12.5 Å². The Morgan fingerprint density at radius 1 is 1.25 bits per heavy atom. The molecule has 1 heterocycles. The van der Waals surface area contributed by atoms with Crippen LogP contribution >= 0.6 is 15.9 Å². The van der Waals surface area contributed by atoms with E-state index in [1.165, 1.54) is 0 Å². The number of aromatic nitrogens is 1. The summed E-state index contributed by atoms with van der Waals surface area (Å²) in [7, 11) is 0. The Bertz CT molecular complexity index is 572. The van der Waals surface area contributed by atoms with Gasteiger partial charge in [0.15, 0.2) is 0 Å². The second kappa shape index (κ2) is 7.41. The van der Waals surface area contributed by atoms with Crippen LogP contribution in [-0.4, -0.2) is 10.1 Å². The van der Waals surface area contributed by atoms with Gasteiger partial charge in [-0.2, -0.15) is 0 Å². The average Bonchev–Trinajstić information content (AvgIpc) is 2.46. The van der Waals surface area contributed by atoms with Gasteiger partial charge in [-0.3, -0.25) is 0 Å². The van der Waals surface area contributed by atoms with Crippen molar-refractivity contribution in [2.45, 2.75) is 33.0 Å². The fourth-order valence-corrected chi connectivity index (χ4v) is 2.34. The molecule has 106 valence electrons. The first-order valence-electron chi connectivity index (χ1n) is 6.70. The first-order valence-corrected chi connectivity index (χ1v) is 7.49. The predicted molar refractivity (Wildman–Crippen MR) is 82.6 cm³/mol. The van der Waals surface area contributed by atoms with Gasteiger partial charge in [0.1, 0.15) is 6.61 Å². The predicted octanol–water partition coefficient (Wildman–Crippen LogP) is 3.87. The van der Waals surface area contributed by atoms with Crippen molar-refractivity contribution in [3.63, 3.8) is 0 Å². The quantitative estimate of drug-likeness (QED) is 0.871. The van der Waals surface area contributed by atoms with Crippen LogP contribution in [0.1, 0.15) is 30.2 Å². The number of ether oxygens (including phenoxy) is 1. The minimum Gasteiger partial charge on any atom is -0.473 e. The van der Waals surface area contributed by atoms with Crippen molar-refractivity contribution in [2.24, 2.45) is 0 Å². The fraction of sp³-hybridized carbons (Fsp3) is 0.312. The average molecular weight is 336 g/mol. The lowest BCUT2D eigenvalue weighted by molar-refractivity contribution is 0.274. The summed E-state index contributed by atoms with van der Waals surface area (Å²) in [5.74, 6) is 0.566. The molecule has 0 unspecified atom stereocenters. The van der Waals surface area contributed by atoms with Gasteiger partial charge in [0.2, 0.25) is 5.88 Å². The summed E-state index contributed by atoms with van der Waals surface area (Å²) in [5.41, 5.74) is 2.87. The number of hydrogen-bond donors (Lipinski definition) is 1. The van der Waals surface area contributed by atoms with Crippen LogP contribution in [0.2, 0.25) is 0 Å². The highest BCUT2D eigenvalue weighted by molar-refractivity contribution is 9.10. The normalized spacial score (nSPS) is 10.6. The van der Waals surface area contributed by atoms with E-state index in [1.807, 2.05) is 30.3 Å². The van der Waals surface area contributed by atoms with E-state index in [1.54, 1.807) is 6.07 Å². The van der Waals surface area contributed by atoms with Gasteiger partial charge in [-0.15, -0.1) is 0 Å². The summed E-state index contributed by atoms with van der Waals surface area (Å²) >= 11 is 3.50. The Morgan fingerprint density at radius 3 is 2.75 bits per heavy atom. The number of hydrogen-bond acceptors (Lipinski definition) is 3. The monoisotopic (exact) mass is 335 g/mol. The molecule has 20 heavy (non-hydrogen) atoms. The van der Waals surface area contributed by atoms with E-state index in [4.69, 9.17) is 4.74 Å². The second-order valence-corrected chi connectivity index (χ2v) is 5.45. The molecule has 2 rings (SSSR count). The molecule has 0 aliphatic heterocycles. The molecular formula is C16H18BrNO2. The maximum Gasteiger partial charge on any atom is 0.214 e. The summed E-state index contributed by atoms with van der Waals surface area (Å²) in [6, 6.07) is 11.7. The van der Waals surface area contributed by atoms with Gasteiger partial charge >= 0.3 is 0 Å². The number of aliphatic hydroxyl groups excluding tert-OH is 1. The number of nitrogens with zero attached hydrogens (tertiary/aromatic N) is 1. The Hall–Kier alpha value is -1.39. The zero-order valence-corrected chi connectivity index (χ0v) is 13.1. The van der Waals surface area contributed by atoms with E-state index in [-0.39, 0.29) is 6.61 Å². The van der Waals surface area contributed by atoms with Gasteiger partial charge in [0.05, 0.1) is 6.61 Å². The Labute approximate surface area is 127 Å². The molecule has 0 saturated heterocycles. The van der Waals surface area contributed by atoms with Crippen LogP contribution < -0.4 is 4.74 Å². The van der Waals surface area contributed by atoms with Gasteiger partial charge in [-0.25, -0.2) is 4.98 Å². The zero-order chi connectivity index (χ0) is 14.4. The number of pyridine rings is 1. The summed E-state index contributed by atoms with van der Waals surface area (Å²) in [4.78, 5) is 4.47. The van der Waals surface area contributed by atoms with Crippen LogP contribution in [0.5, 0.6) is 5.88 Å². The van der Waals surface area contributed by atoms with E-state index >= 15 is 0 Å². The molecule has 0 spiro atoms. The highest BCUT2D eigenvalue weighted by Crippen LogP contribution is 2.19. The van der Waals surface area contributed by atoms with Crippen molar-refractivity contribution in [3.05, 3.63) is 57.7 Å². The highest BCUT2D eigenvalue weighted by Gasteiger charge is 2.05. The Kier molecular flexibility index (Phi) is 5.56. The Morgan fingerprint density at radius 2 is 2.05 bits per heavy atom. The van der Waals surface area contributed by atoms with Crippen molar-refractivity contribution in [3.8, 4) is 5.88 Å². The Balaban J connectivity index is 2.12. The fourth-order valence-electron chi connectivity index (χ4n) is 1.94. The molecule has 1 aromatic heterocycles. The maximum atomic E-state index is 9.29. The van der Waals surface area contributed by atoms with Crippen molar-refractivity contribution in [1.29, 1.82) is 0 Å². The molecule has 0 aliphatic rings. The third-order valence-electron chi connectivity index (χ3n) is 2.94. The molecule has 1 aromatic carbocycles. The molecule has 0 amide bonds. The van der Waals surface area contributed by atoms with Crippen molar-refractivity contribution in [2.75, 3.05) is 0 Å². The molecule has 0 bridgehead atoms. The minimum atomic E-state index is 0.00459. The third-order valence-corrected chi connectivity index (χ3v) is 3.71. The molecule has 0 fully saturated rings. The smallest absolute Gasteiger partial charge is 0.214 e. The van der Waals surface area contributed by atoms with Crippen molar-refractivity contribution in [1.82, 2.24) is 4.98 Å². The van der Waals surface area contributed by atoms with E-state index in [2.05, 4.69) is 27.8 Å². The van der Waals surface area contributed by atoms with E-state index < -0.39 is 0 Å². The highest BCUT2D eigenvalue weighted by atomic mass is 79.9. The van der Waals surface area contributed by atoms with Crippen molar-refractivity contribution < 1.29 is 9.84 Å². The molecule has 0 aliphatic carbocycles. The maximum absolute atomic E-state index is 9.29. The molecule has 3 nitrogen and oxygen atoms in total. The largest absolute Gasteiger partial charge is 0.473 e. The van der Waals surface area contributed by atoms with Gasteiger partial charge < -0.3 is 9.84 Å². The SMILES string of the molecule is CCCc1cc(CO)cc(OCc2ccccc2Br)n1. The number of aryl methyl sites for hydroxylation is 1. The van der Waals surface area contributed by atoms with Gasteiger partial charge in [0, 0.05) is 21.8 Å². The van der Waals surface area contributed by atoms with Gasteiger partial charge in [-0.1, -0.05) is 47.5 Å². The molecule has 2 aromatic rings. The lowest BCUT2D eigenvalue weighted by Gasteiger charge is -2.10. The molecule has 0 saturated carbocycles. The summed E-state index contributed by atoms with van der Waals surface area (Å²) < 4.78 is 6.77. The molecular weight excluding hydrogens is 318 g/mol. The first-order chi connectivity index (χ1) is 9.72. The van der Waals surface area contributed by atoms with Crippen LogP contribution in [0.4, 0.5) is 0 Å². The van der Waals surface area contributed by atoms with E-state index in [9.17, 15) is 5.11 Å². The van der Waals surface area contributed by atoms with Crippen LogP contribution in [-0.2, 0) is 19.6 Å². The summed E-state index contributed by atoms with van der Waals surface area (Å²) in [6.07, 6.45) is 1.91. The van der Waals surface area contributed by atoms with Crippen LogP contribution in [0.25, 0.3) is 0 Å². The number of aliphatic hydroxyl groups is 1. The van der Waals surface area contributed by atoms with E-state index in [0.717, 1.165) is 34.1 Å². The van der Waals surface area contributed by atoms with Crippen LogP contribution in [0, 0.1) is 0 Å². The lowest BCUT2D eigenvalue weighted by Crippen LogP contribution is -2.01. The topological polar surface area (TPSA) is 42.4 Å². The third kappa shape index (κ3) is 4.05. The first kappa shape index (κ1) is 15.0. The van der Waals surface area contributed by atoms with Crippen LogP contribution in [0.3, 0.4) is 0 Å². The standard InChI is InChI=1S/C16H18BrNO2/c1-2-5-14-8-12(10-19)9-16(18-14)20-11-13-6-3-4-7-15(13)17/h3-4,6-9,19H,2,5,10-11H2,1H3. The zero-order valence-electron chi connectivity index (χ0n) is 11.5.